The highest BCUT2D eigenvalue weighted by atomic mass is 16.5. The second-order valence-corrected chi connectivity index (χ2v) is 17.3. The number of fused-ring (bicyclic) bond motifs is 6. The first-order valence-corrected chi connectivity index (χ1v) is 20.5. The number of carbonyl (C=O) groups is 4. The summed E-state index contributed by atoms with van der Waals surface area (Å²) >= 11 is 0. The Morgan fingerprint density at radius 2 is 1.50 bits per heavy atom. The molecule has 2 aliphatic heterocycles. The number of alkyl carbamates (subject to hydrolysis) is 1. The minimum absolute atomic E-state index is 0.0977. The van der Waals surface area contributed by atoms with Gasteiger partial charge in [0.15, 0.2) is 0 Å². The summed E-state index contributed by atoms with van der Waals surface area (Å²) in [5, 5.41) is 16.7. The topological polar surface area (TPSA) is 186 Å². The van der Waals surface area contributed by atoms with Crippen molar-refractivity contribution >= 4 is 45.8 Å². The first-order valence-electron chi connectivity index (χ1n) is 20.5. The zero-order chi connectivity index (χ0) is 40.6. The molecule has 2 saturated heterocycles. The molecule has 2 aliphatic carbocycles. The third kappa shape index (κ3) is 6.51. The summed E-state index contributed by atoms with van der Waals surface area (Å²) in [5.41, 5.74) is 5.72. The molecule has 302 valence electrons. The molecule has 2 aromatic heterocycles. The molecule has 5 N–H and O–H groups in total. The number of amides is 4. The number of nitrogens with one attached hydrogen (secondary N) is 4. The Hall–Kier alpha value is -5.92. The molecule has 0 radical (unpaired) electrons. The highest BCUT2D eigenvalue weighted by Crippen LogP contribution is 2.54. The van der Waals surface area contributed by atoms with Crippen LogP contribution in [-0.2, 0) is 14.3 Å². The number of ether oxygens (including phenoxy) is 1. The molecule has 14 heteroatoms. The lowest BCUT2D eigenvalue weighted by Crippen LogP contribution is -2.54. The van der Waals surface area contributed by atoms with Gasteiger partial charge >= 0.3 is 12.2 Å². The van der Waals surface area contributed by atoms with E-state index >= 15 is 0 Å². The van der Waals surface area contributed by atoms with Gasteiger partial charge in [0.1, 0.15) is 23.7 Å². The van der Waals surface area contributed by atoms with Gasteiger partial charge in [0.05, 0.1) is 42.1 Å². The van der Waals surface area contributed by atoms with Crippen LogP contribution >= 0.6 is 0 Å². The van der Waals surface area contributed by atoms with E-state index in [9.17, 15) is 24.3 Å². The zero-order valence-electron chi connectivity index (χ0n) is 33.4. The quantitative estimate of drug-likeness (QED) is 0.0987. The molecule has 4 aliphatic rings. The van der Waals surface area contributed by atoms with E-state index in [0.717, 1.165) is 87.9 Å². The second-order valence-electron chi connectivity index (χ2n) is 17.3. The smallest absolute Gasteiger partial charge is 0.407 e. The van der Waals surface area contributed by atoms with Crippen molar-refractivity contribution in [2.45, 2.75) is 96.1 Å². The van der Waals surface area contributed by atoms with Gasteiger partial charge in [0, 0.05) is 17.5 Å². The molecule has 4 amide bonds. The largest absolute Gasteiger partial charge is 0.465 e. The molecule has 2 bridgehead atoms. The number of H-pyrrole nitrogens is 2. The number of imidazole rings is 2. The molecule has 3 aromatic carbocycles. The lowest BCUT2D eigenvalue weighted by molar-refractivity contribution is -0.139. The van der Waals surface area contributed by atoms with Crippen LogP contribution in [0.1, 0.15) is 83.5 Å². The van der Waals surface area contributed by atoms with E-state index in [1.165, 1.54) is 7.11 Å². The number of aromatic amines is 2. The van der Waals surface area contributed by atoms with Crippen LogP contribution in [-0.4, -0.2) is 90.1 Å². The van der Waals surface area contributed by atoms with E-state index in [1.807, 2.05) is 49.8 Å². The van der Waals surface area contributed by atoms with Gasteiger partial charge in [-0.05, 0) is 90.0 Å². The first-order chi connectivity index (χ1) is 27.9. The Morgan fingerprint density at radius 3 is 2.22 bits per heavy atom. The number of nitrogens with zero attached hydrogens (tertiary/aromatic N) is 4. The van der Waals surface area contributed by atoms with E-state index in [2.05, 4.69) is 69.1 Å². The number of rotatable bonds is 10. The van der Waals surface area contributed by atoms with Crippen LogP contribution in [0.5, 0.6) is 0 Å². The van der Waals surface area contributed by atoms with Crippen molar-refractivity contribution in [2.75, 3.05) is 7.11 Å². The van der Waals surface area contributed by atoms with Crippen LogP contribution in [0.3, 0.4) is 0 Å². The van der Waals surface area contributed by atoms with Crippen molar-refractivity contribution in [3.05, 3.63) is 72.4 Å². The van der Waals surface area contributed by atoms with Gasteiger partial charge in [-0.1, -0.05) is 70.2 Å². The molecule has 9 rings (SSSR count). The molecule has 4 fully saturated rings. The van der Waals surface area contributed by atoms with Gasteiger partial charge in [0.25, 0.3) is 0 Å². The van der Waals surface area contributed by atoms with Gasteiger partial charge in [-0.3, -0.25) is 9.59 Å². The fourth-order valence-electron chi connectivity index (χ4n) is 9.98. The van der Waals surface area contributed by atoms with Gasteiger partial charge in [-0.15, -0.1) is 0 Å². The molecule has 0 spiro atoms. The molecule has 4 heterocycles. The number of aromatic nitrogens is 4. The van der Waals surface area contributed by atoms with E-state index < -0.39 is 24.3 Å². The Morgan fingerprint density at radius 1 is 0.793 bits per heavy atom. The summed E-state index contributed by atoms with van der Waals surface area (Å²) in [6.07, 6.45) is 4.68. The number of benzene rings is 3. The van der Waals surface area contributed by atoms with Crippen LogP contribution in [0, 0.1) is 23.7 Å². The van der Waals surface area contributed by atoms with Crippen molar-refractivity contribution in [2.24, 2.45) is 23.7 Å². The Labute approximate surface area is 336 Å². The molecule has 8 unspecified atom stereocenters. The van der Waals surface area contributed by atoms with Crippen LogP contribution in [0.2, 0.25) is 0 Å². The summed E-state index contributed by atoms with van der Waals surface area (Å²) in [6.45, 7) is 7.56. The lowest BCUT2D eigenvalue weighted by Gasteiger charge is -2.37. The van der Waals surface area contributed by atoms with Gasteiger partial charge in [-0.2, -0.15) is 0 Å². The van der Waals surface area contributed by atoms with Crippen LogP contribution in [0.4, 0.5) is 9.59 Å². The van der Waals surface area contributed by atoms with E-state index in [4.69, 9.17) is 14.7 Å². The lowest BCUT2D eigenvalue weighted by atomic mass is 9.95. The third-order valence-electron chi connectivity index (χ3n) is 13.0. The van der Waals surface area contributed by atoms with E-state index in [-0.39, 0.29) is 47.8 Å². The van der Waals surface area contributed by atoms with Crippen LogP contribution in [0.15, 0.2) is 60.8 Å². The molecule has 5 aromatic rings. The Balaban J connectivity index is 0.933. The molecule has 58 heavy (non-hydrogen) atoms. The van der Waals surface area contributed by atoms with Crippen molar-refractivity contribution in [3.63, 3.8) is 0 Å². The second kappa shape index (κ2) is 14.5. The van der Waals surface area contributed by atoms with Crippen LogP contribution in [0.25, 0.3) is 44.2 Å². The van der Waals surface area contributed by atoms with Crippen molar-refractivity contribution < 1.29 is 29.0 Å². The monoisotopic (exact) mass is 786 g/mol. The number of likely N-dealkylation sites (tertiary alicyclic amines) is 2. The molecule has 14 nitrogen and oxygen atoms in total. The SMILES string of the molecule is COC(=O)NC(C(=O)N1C2CCC(C2)C1c1ncc(-c2ccc(-c3ccc4c(ccc5[nH]c(C6CC7CC7N6C(=O)C(NC(=O)O)C(C)C)nc54)c3)cc2)[nH]1)C(C)C. The first kappa shape index (κ1) is 37.6. The number of methoxy groups -OCH3 is 1. The number of hydrogen-bond acceptors (Lipinski definition) is 7. The van der Waals surface area contributed by atoms with Gasteiger partial charge in [0.2, 0.25) is 11.8 Å². The molecular formula is C44H50N8O6. The molecular weight excluding hydrogens is 737 g/mol. The summed E-state index contributed by atoms with van der Waals surface area (Å²) in [6, 6.07) is 17.2. The maximum atomic E-state index is 14.0. The maximum Gasteiger partial charge on any atom is 0.407 e. The number of piperidine rings is 2. The van der Waals surface area contributed by atoms with Crippen LogP contribution < -0.4 is 10.6 Å². The highest BCUT2D eigenvalue weighted by Gasteiger charge is 2.56. The van der Waals surface area contributed by atoms with Gasteiger partial charge < -0.3 is 40.2 Å². The predicted octanol–water partition coefficient (Wildman–Crippen LogP) is 7.16. The fraction of sp³-hybridized carbons (Fsp3) is 0.455. The maximum absolute atomic E-state index is 14.0. The van der Waals surface area contributed by atoms with E-state index in [1.54, 1.807) is 0 Å². The van der Waals surface area contributed by atoms with Crippen molar-refractivity contribution in [1.29, 1.82) is 0 Å². The summed E-state index contributed by atoms with van der Waals surface area (Å²) in [5.74, 6) is 1.64. The molecule has 8 atom stereocenters. The summed E-state index contributed by atoms with van der Waals surface area (Å²) < 4.78 is 4.82. The average molecular weight is 787 g/mol. The minimum Gasteiger partial charge on any atom is -0.465 e. The molecule has 2 saturated carbocycles. The van der Waals surface area contributed by atoms with Gasteiger partial charge in [-0.25, -0.2) is 19.6 Å². The predicted molar refractivity (Wildman–Crippen MR) is 217 cm³/mol. The standard InChI is InChI=1S/C44H50N8O6/c1-21(2)35(49-43(55)56)42(54)52-33-18-28(33)19-34(52)39-46-31-15-12-26-16-25(11-14-30(26)37(31)48-39)23-6-8-24(9-7-23)32-20-45-40(47-32)38-27-10-13-29(17-27)51(38)41(53)36(22(3)4)50-44(57)58-5/h6-9,11-12,14-16,20-22,27-29,33-36,38,49H,10,13,17-19H2,1-5H3,(H,45,47)(H,46,48)(H,50,57)(H,55,56). The minimum atomic E-state index is -1.20. The Bertz CT molecular complexity index is 2420. The zero-order valence-corrected chi connectivity index (χ0v) is 33.4. The number of carboxylic acid groups (broad SMARTS) is 1. The van der Waals surface area contributed by atoms with Crippen molar-refractivity contribution in [3.8, 4) is 22.4 Å². The van der Waals surface area contributed by atoms with Crippen molar-refractivity contribution in [1.82, 2.24) is 40.4 Å². The number of carbonyl (C=O) groups excluding carboxylic acids is 3. The normalized spacial score (nSPS) is 24.4. The highest BCUT2D eigenvalue weighted by molar-refractivity contribution is 6.05. The van der Waals surface area contributed by atoms with E-state index in [0.29, 0.717) is 11.8 Å². The Kier molecular flexibility index (Phi) is 9.39. The summed E-state index contributed by atoms with van der Waals surface area (Å²) in [7, 11) is 1.30. The number of hydrogen-bond donors (Lipinski definition) is 5. The fourth-order valence-corrected chi connectivity index (χ4v) is 9.98. The third-order valence-corrected chi connectivity index (χ3v) is 13.0. The average Bonchev–Trinajstić information content (AvgIpc) is 3.83. The summed E-state index contributed by atoms with van der Waals surface area (Å²) in [4.78, 5) is 72.1.